The van der Waals surface area contributed by atoms with Crippen LogP contribution >= 0.6 is 11.8 Å². The van der Waals surface area contributed by atoms with Gasteiger partial charge in [0.05, 0.1) is 5.41 Å². The molecule has 0 fully saturated rings. The predicted octanol–water partition coefficient (Wildman–Crippen LogP) is 3.24. The van der Waals surface area contributed by atoms with Crippen LogP contribution in [0.1, 0.15) is 66.2 Å². The van der Waals surface area contributed by atoms with Crippen LogP contribution in [-0.2, 0) is 14.4 Å². The van der Waals surface area contributed by atoms with Crippen LogP contribution < -0.4 is 10.8 Å². The Balaban J connectivity index is 3.74. The standard InChI is InChI=1S/C18H30N4O3S/c1-17(2,15(23)21-13-19)9-5-7-11-26-12-8-6-10-18(3,4)16(24)25-22-14-20/h22H,5-12H2,1-4H3,(H,21,23). The highest BCUT2D eigenvalue weighted by molar-refractivity contribution is 7.99. The van der Waals surface area contributed by atoms with Crippen LogP contribution in [0.3, 0.4) is 0 Å². The molecule has 8 heteroatoms. The molecule has 7 nitrogen and oxygen atoms in total. The maximum Gasteiger partial charge on any atom is 0.338 e. The van der Waals surface area contributed by atoms with E-state index in [4.69, 9.17) is 10.5 Å². The molecule has 0 aliphatic heterocycles. The Hall–Kier alpha value is -1.93. The summed E-state index contributed by atoms with van der Waals surface area (Å²) in [6, 6.07) is 0. The SMILES string of the molecule is CC(C)(CCCCSCCCCC(C)(C)C(=O)ONC#N)C(=O)NC#N. The third-order valence-electron chi connectivity index (χ3n) is 4.21. The van der Waals surface area contributed by atoms with Crippen molar-refractivity contribution in [3.8, 4) is 12.4 Å². The largest absolute Gasteiger partial charge is 0.338 e. The Bertz CT molecular complexity index is 536. The number of rotatable bonds is 13. The van der Waals surface area contributed by atoms with Crippen molar-refractivity contribution in [2.75, 3.05) is 11.5 Å². The van der Waals surface area contributed by atoms with E-state index in [-0.39, 0.29) is 5.91 Å². The Morgan fingerprint density at radius 2 is 1.46 bits per heavy atom. The van der Waals surface area contributed by atoms with Crippen molar-refractivity contribution in [2.45, 2.75) is 66.2 Å². The Kier molecular flexibility index (Phi) is 11.5. The van der Waals surface area contributed by atoms with Crippen molar-refractivity contribution in [2.24, 2.45) is 10.8 Å². The molecule has 0 aliphatic carbocycles. The molecular formula is C18H30N4O3S. The van der Waals surface area contributed by atoms with E-state index in [0.717, 1.165) is 43.6 Å². The molecule has 26 heavy (non-hydrogen) atoms. The molecular weight excluding hydrogens is 352 g/mol. The summed E-state index contributed by atoms with van der Waals surface area (Å²) in [5.74, 6) is 1.42. The maximum absolute atomic E-state index is 11.7. The lowest BCUT2D eigenvalue weighted by atomic mass is 9.86. The molecule has 0 aliphatic rings. The van der Waals surface area contributed by atoms with Crippen molar-refractivity contribution in [1.82, 2.24) is 10.8 Å². The summed E-state index contributed by atoms with van der Waals surface area (Å²) in [5, 5.41) is 19.0. The van der Waals surface area contributed by atoms with Gasteiger partial charge in [0.2, 0.25) is 12.1 Å². The molecule has 0 unspecified atom stereocenters. The van der Waals surface area contributed by atoms with E-state index in [9.17, 15) is 9.59 Å². The number of thioether (sulfide) groups is 1. The Morgan fingerprint density at radius 3 is 1.96 bits per heavy atom. The average Bonchev–Trinajstić information content (AvgIpc) is 2.58. The quantitative estimate of drug-likeness (QED) is 0.217. The molecule has 0 saturated carbocycles. The second-order valence-electron chi connectivity index (χ2n) is 7.46. The smallest absolute Gasteiger partial charge is 0.333 e. The Labute approximate surface area is 160 Å². The van der Waals surface area contributed by atoms with Crippen molar-refractivity contribution in [3.05, 3.63) is 0 Å². The van der Waals surface area contributed by atoms with Crippen molar-refractivity contribution in [1.29, 1.82) is 10.5 Å². The summed E-state index contributed by atoms with van der Waals surface area (Å²) in [4.78, 5) is 28.1. The average molecular weight is 383 g/mol. The van der Waals surface area contributed by atoms with Crippen LogP contribution in [0, 0.1) is 33.7 Å². The van der Waals surface area contributed by atoms with Gasteiger partial charge in [0.15, 0.2) is 6.19 Å². The normalized spacial score (nSPS) is 11.2. The van der Waals surface area contributed by atoms with Crippen LogP contribution in [0.2, 0.25) is 0 Å². The molecule has 0 aromatic carbocycles. The van der Waals surface area contributed by atoms with Crippen molar-refractivity contribution >= 4 is 23.6 Å². The van der Waals surface area contributed by atoms with Gasteiger partial charge in [-0.15, -0.1) is 0 Å². The number of hydrogen-bond acceptors (Lipinski definition) is 7. The monoisotopic (exact) mass is 382 g/mol. The number of nitrogens with one attached hydrogen (secondary N) is 2. The number of hydroxylamine groups is 1. The number of unbranched alkanes of at least 4 members (excludes halogenated alkanes) is 2. The first kappa shape index (κ1) is 24.1. The van der Waals surface area contributed by atoms with E-state index in [1.165, 1.54) is 0 Å². The Morgan fingerprint density at radius 1 is 0.923 bits per heavy atom. The third-order valence-corrected chi connectivity index (χ3v) is 5.36. The highest BCUT2D eigenvalue weighted by Crippen LogP contribution is 2.26. The zero-order chi connectivity index (χ0) is 20.1. The minimum atomic E-state index is -0.607. The summed E-state index contributed by atoms with van der Waals surface area (Å²) in [5.41, 5.74) is 0.800. The fourth-order valence-electron chi connectivity index (χ4n) is 2.29. The number of nitrogens with zero attached hydrogens (tertiary/aromatic N) is 2. The van der Waals surface area contributed by atoms with Crippen LogP contribution in [0.25, 0.3) is 0 Å². The molecule has 0 atom stereocenters. The van der Waals surface area contributed by atoms with Gasteiger partial charge in [-0.3, -0.25) is 10.1 Å². The summed E-state index contributed by atoms with van der Waals surface area (Å²) in [6.07, 6.45) is 8.63. The molecule has 0 rings (SSSR count). The molecule has 0 radical (unpaired) electrons. The zero-order valence-corrected chi connectivity index (χ0v) is 17.0. The molecule has 146 valence electrons. The van der Waals surface area contributed by atoms with Gasteiger partial charge < -0.3 is 4.84 Å². The lowest BCUT2D eigenvalue weighted by Gasteiger charge is -2.21. The second-order valence-corrected chi connectivity index (χ2v) is 8.69. The molecule has 1 amide bonds. The maximum atomic E-state index is 11.7. The fourth-order valence-corrected chi connectivity index (χ4v) is 3.31. The fraction of sp³-hybridized carbons (Fsp3) is 0.778. The van der Waals surface area contributed by atoms with E-state index in [2.05, 4.69) is 10.2 Å². The summed E-state index contributed by atoms with van der Waals surface area (Å²) in [6.45, 7) is 7.33. The number of hydrogen-bond donors (Lipinski definition) is 2. The molecule has 0 aromatic rings. The minimum Gasteiger partial charge on any atom is -0.333 e. The third kappa shape index (κ3) is 10.1. The number of amides is 1. The molecule has 2 N–H and O–H groups in total. The van der Waals surface area contributed by atoms with Gasteiger partial charge in [-0.1, -0.05) is 26.7 Å². The molecule has 0 aromatic heterocycles. The number of nitriles is 2. The van der Waals surface area contributed by atoms with E-state index >= 15 is 0 Å². The van der Waals surface area contributed by atoms with Gasteiger partial charge in [-0.05, 0) is 51.0 Å². The highest BCUT2D eigenvalue weighted by Gasteiger charge is 2.29. The highest BCUT2D eigenvalue weighted by atomic mass is 32.2. The van der Waals surface area contributed by atoms with E-state index in [1.807, 2.05) is 44.9 Å². The lowest BCUT2D eigenvalue weighted by molar-refractivity contribution is -0.159. The first-order valence-electron chi connectivity index (χ1n) is 8.80. The molecule has 0 heterocycles. The van der Waals surface area contributed by atoms with Gasteiger partial charge in [-0.25, -0.2) is 4.79 Å². The summed E-state index contributed by atoms with van der Waals surface area (Å²) >= 11 is 1.87. The minimum absolute atomic E-state index is 0.223. The zero-order valence-electron chi connectivity index (χ0n) is 16.2. The van der Waals surface area contributed by atoms with Crippen LogP contribution in [0.4, 0.5) is 0 Å². The summed E-state index contributed by atoms with van der Waals surface area (Å²) in [7, 11) is 0. The van der Waals surface area contributed by atoms with Gasteiger partial charge in [0.1, 0.15) is 0 Å². The van der Waals surface area contributed by atoms with Crippen molar-refractivity contribution in [3.63, 3.8) is 0 Å². The van der Waals surface area contributed by atoms with Gasteiger partial charge in [0, 0.05) is 5.41 Å². The lowest BCUT2D eigenvalue weighted by Crippen LogP contribution is -2.34. The van der Waals surface area contributed by atoms with Gasteiger partial charge in [0.25, 0.3) is 0 Å². The molecule has 0 spiro atoms. The number of carbonyl (C=O) groups excluding carboxylic acids is 2. The van der Waals surface area contributed by atoms with Crippen LogP contribution in [-0.4, -0.2) is 23.4 Å². The van der Waals surface area contributed by atoms with Gasteiger partial charge in [-0.2, -0.15) is 27.8 Å². The topological polar surface area (TPSA) is 115 Å². The second kappa shape index (κ2) is 12.4. The summed E-state index contributed by atoms with van der Waals surface area (Å²) < 4.78 is 0. The molecule has 0 saturated heterocycles. The van der Waals surface area contributed by atoms with E-state index in [1.54, 1.807) is 12.4 Å². The van der Waals surface area contributed by atoms with Crippen molar-refractivity contribution < 1.29 is 14.4 Å². The first-order chi connectivity index (χ1) is 12.2. The van der Waals surface area contributed by atoms with Crippen LogP contribution in [0.5, 0.6) is 0 Å². The van der Waals surface area contributed by atoms with E-state index in [0.29, 0.717) is 6.42 Å². The number of carbonyl (C=O) groups is 2. The van der Waals surface area contributed by atoms with Crippen LogP contribution in [0.15, 0.2) is 0 Å². The molecule has 0 bridgehead atoms. The van der Waals surface area contributed by atoms with Gasteiger partial charge >= 0.3 is 5.97 Å². The van der Waals surface area contributed by atoms with E-state index < -0.39 is 16.8 Å². The predicted molar refractivity (Wildman–Crippen MR) is 101 cm³/mol. The first-order valence-corrected chi connectivity index (χ1v) is 9.95.